The molecule has 168 valence electrons. The quantitative estimate of drug-likeness (QED) is 0.284. The van der Waals surface area contributed by atoms with Crippen molar-refractivity contribution in [1.29, 1.82) is 0 Å². The average Bonchev–Trinajstić information content (AvgIpc) is 2.90. The summed E-state index contributed by atoms with van der Waals surface area (Å²) in [5, 5.41) is 5.85. The highest BCUT2D eigenvalue weighted by Crippen LogP contribution is 2.38. The van der Waals surface area contributed by atoms with Gasteiger partial charge in [0.1, 0.15) is 0 Å². The summed E-state index contributed by atoms with van der Waals surface area (Å²) in [6, 6.07) is 44.1. The van der Waals surface area contributed by atoms with Crippen LogP contribution < -0.4 is 27.0 Å². The van der Waals surface area contributed by atoms with E-state index in [-0.39, 0.29) is 15.8 Å². The van der Waals surface area contributed by atoms with Crippen LogP contribution in [0.25, 0.3) is 0 Å². The molecule has 0 amide bonds. The molecule has 0 fully saturated rings. The molecule has 3 heteroatoms. The van der Waals surface area contributed by atoms with Crippen molar-refractivity contribution in [1.82, 2.24) is 0 Å². The zero-order chi connectivity index (χ0) is 22.7. The highest BCUT2D eigenvalue weighted by molar-refractivity contribution is 7.73. The number of benzene rings is 4. The molecule has 33 heavy (non-hydrogen) atoms. The molecule has 0 spiro atoms. The maximum absolute atomic E-state index is 6.31. The third-order valence-electron chi connectivity index (χ3n) is 6.13. The van der Waals surface area contributed by atoms with Crippen molar-refractivity contribution < 1.29 is 0 Å². The van der Waals surface area contributed by atoms with Gasteiger partial charge in [-0.15, -0.1) is 0 Å². The molecule has 0 aliphatic rings. The molecule has 2 N–H and O–H groups in total. The predicted molar refractivity (Wildman–Crippen MR) is 150 cm³/mol. The third-order valence-corrected chi connectivity index (χ3v) is 11.2. The summed E-state index contributed by atoms with van der Waals surface area (Å²) in [7, 11) is -0.706. The molecule has 1 nitrogen and oxygen atoms in total. The molecule has 0 aliphatic carbocycles. The minimum atomic E-state index is -0.353. The first-order chi connectivity index (χ1) is 16.3. The van der Waals surface area contributed by atoms with Crippen molar-refractivity contribution in [2.75, 3.05) is 18.9 Å². The minimum Gasteiger partial charge on any atom is -0.330 e. The summed E-state index contributed by atoms with van der Waals surface area (Å²) in [5.41, 5.74) is 6.31. The van der Waals surface area contributed by atoms with Gasteiger partial charge in [-0.2, -0.15) is 0 Å². The monoisotopic (exact) mass is 469 g/mol. The zero-order valence-electron chi connectivity index (χ0n) is 19.1. The van der Waals surface area contributed by atoms with Gasteiger partial charge in [0, 0.05) is 0 Å². The molecule has 0 aromatic heterocycles. The largest absolute Gasteiger partial charge is 0.330 e. The van der Waals surface area contributed by atoms with Crippen LogP contribution in [-0.4, -0.2) is 18.9 Å². The van der Waals surface area contributed by atoms with E-state index < -0.39 is 0 Å². The average molecular weight is 470 g/mol. The molecule has 0 saturated heterocycles. The van der Waals surface area contributed by atoms with Gasteiger partial charge < -0.3 is 5.73 Å². The van der Waals surface area contributed by atoms with Crippen LogP contribution in [0.3, 0.4) is 0 Å². The van der Waals surface area contributed by atoms with Crippen LogP contribution in [0.2, 0.25) is 0 Å². The molecule has 4 aromatic carbocycles. The fourth-order valence-electron chi connectivity index (χ4n) is 4.25. The van der Waals surface area contributed by atoms with E-state index in [9.17, 15) is 0 Å². The van der Waals surface area contributed by atoms with Crippen LogP contribution in [-0.2, 0) is 0 Å². The number of hydrogen-bond acceptors (Lipinski definition) is 1. The molecule has 0 saturated carbocycles. The summed E-state index contributed by atoms with van der Waals surface area (Å²) in [6.45, 7) is 0.763. The van der Waals surface area contributed by atoms with Gasteiger partial charge in [-0.05, 0) is 74.7 Å². The molecule has 0 aliphatic heterocycles. The summed E-state index contributed by atoms with van der Waals surface area (Å²) >= 11 is 0. The van der Waals surface area contributed by atoms with Crippen molar-refractivity contribution in [2.45, 2.75) is 12.8 Å². The Morgan fingerprint density at radius 3 is 0.970 bits per heavy atom. The van der Waals surface area contributed by atoms with Crippen LogP contribution in [0.4, 0.5) is 0 Å². The first-order valence-electron chi connectivity index (χ1n) is 11.8. The Kier molecular flexibility index (Phi) is 9.26. The normalized spacial score (nSPS) is 11.4. The highest BCUT2D eigenvalue weighted by atomic mass is 31.1. The Balaban J connectivity index is 1.45. The van der Waals surface area contributed by atoms with E-state index in [2.05, 4.69) is 121 Å². The van der Waals surface area contributed by atoms with E-state index in [1.807, 2.05) is 0 Å². The Bertz CT molecular complexity index is 889. The smallest absolute Gasteiger partial charge is 0.00486 e. The fourth-order valence-corrected chi connectivity index (χ4v) is 9.25. The van der Waals surface area contributed by atoms with Gasteiger partial charge >= 0.3 is 0 Å². The van der Waals surface area contributed by atoms with Crippen molar-refractivity contribution >= 4 is 37.1 Å². The van der Waals surface area contributed by atoms with Crippen LogP contribution >= 0.6 is 15.8 Å². The van der Waals surface area contributed by atoms with Crippen molar-refractivity contribution in [2.24, 2.45) is 11.7 Å². The maximum atomic E-state index is 6.31. The summed E-state index contributed by atoms with van der Waals surface area (Å²) in [6.07, 6.45) is 4.75. The Morgan fingerprint density at radius 1 is 0.455 bits per heavy atom. The van der Waals surface area contributed by atoms with Crippen LogP contribution in [0.1, 0.15) is 12.8 Å². The highest BCUT2D eigenvalue weighted by Gasteiger charge is 2.19. The van der Waals surface area contributed by atoms with Gasteiger partial charge in [-0.3, -0.25) is 0 Å². The van der Waals surface area contributed by atoms with Crippen molar-refractivity contribution in [3.63, 3.8) is 0 Å². The fraction of sp³-hybridized carbons (Fsp3) is 0.200. The van der Waals surface area contributed by atoms with Gasteiger partial charge in [0.15, 0.2) is 0 Å². The lowest BCUT2D eigenvalue weighted by atomic mass is 10.0. The van der Waals surface area contributed by atoms with Crippen molar-refractivity contribution in [3.05, 3.63) is 121 Å². The van der Waals surface area contributed by atoms with E-state index in [0.29, 0.717) is 5.92 Å². The van der Waals surface area contributed by atoms with E-state index in [1.165, 1.54) is 46.4 Å². The topological polar surface area (TPSA) is 26.0 Å². The lowest BCUT2D eigenvalue weighted by Gasteiger charge is -2.24. The Morgan fingerprint density at radius 2 is 0.727 bits per heavy atom. The molecule has 4 rings (SSSR count). The maximum Gasteiger partial charge on any atom is -0.00486 e. The second-order valence-electron chi connectivity index (χ2n) is 8.32. The van der Waals surface area contributed by atoms with Crippen LogP contribution in [0, 0.1) is 5.92 Å². The lowest BCUT2D eigenvalue weighted by molar-refractivity contribution is 0.511. The van der Waals surface area contributed by atoms with Gasteiger partial charge in [0.2, 0.25) is 0 Å². The molecular formula is C30H33NP2. The first-order valence-corrected chi connectivity index (χ1v) is 14.9. The SMILES string of the molecule is NCC(CCP(c1ccccc1)c1ccccc1)CCP(c1ccccc1)c1ccccc1. The Labute approximate surface area is 201 Å². The molecule has 0 heterocycles. The Hall–Kier alpha value is -2.30. The van der Waals surface area contributed by atoms with Crippen LogP contribution in [0.15, 0.2) is 121 Å². The second kappa shape index (κ2) is 12.8. The summed E-state index contributed by atoms with van der Waals surface area (Å²) < 4.78 is 0. The van der Waals surface area contributed by atoms with Gasteiger partial charge in [-0.1, -0.05) is 121 Å². The molecule has 0 unspecified atom stereocenters. The van der Waals surface area contributed by atoms with E-state index in [4.69, 9.17) is 5.73 Å². The molecule has 0 radical (unpaired) electrons. The second-order valence-corrected chi connectivity index (χ2v) is 13.0. The summed E-state index contributed by atoms with van der Waals surface area (Å²) in [4.78, 5) is 0. The molecular weight excluding hydrogens is 436 g/mol. The first kappa shape index (κ1) is 23.8. The number of nitrogens with two attached hydrogens (primary N) is 1. The number of rotatable bonds is 11. The van der Waals surface area contributed by atoms with E-state index >= 15 is 0 Å². The zero-order valence-corrected chi connectivity index (χ0v) is 20.9. The minimum absolute atomic E-state index is 0.353. The van der Waals surface area contributed by atoms with E-state index in [1.54, 1.807) is 0 Å². The standard InChI is InChI=1S/C30H33NP2/c31-25-26(21-23-32(27-13-5-1-6-14-27)28-15-7-2-8-16-28)22-24-33(29-17-9-3-10-18-29)30-19-11-4-12-20-30/h1-20,26H,21-25,31H2. The molecule has 4 aromatic rings. The van der Waals surface area contributed by atoms with E-state index in [0.717, 1.165) is 6.54 Å². The lowest BCUT2D eigenvalue weighted by Crippen LogP contribution is -2.22. The molecule has 0 atom stereocenters. The number of hydrogen-bond donors (Lipinski definition) is 1. The van der Waals surface area contributed by atoms with Gasteiger partial charge in [-0.25, -0.2) is 0 Å². The van der Waals surface area contributed by atoms with Gasteiger partial charge in [0.25, 0.3) is 0 Å². The van der Waals surface area contributed by atoms with Crippen molar-refractivity contribution in [3.8, 4) is 0 Å². The van der Waals surface area contributed by atoms with Crippen LogP contribution in [0.5, 0.6) is 0 Å². The van der Waals surface area contributed by atoms with Gasteiger partial charge in [0.05, 0.1) is 0 Å². The molecule has 0 bridgehead atoms. The third kappa shape index (κ3) is 6.84. The summed E-state index contributed by atoms with van der Waals surface area (Å²) in [5.74, 6) is 0.555. The predicted octanol–water partition coefficient (Wildman–Crippen LogP) is 5.61.